The van der Waals surface area contributed by atoms with Gasteiger partial charge in [-0.1, -0.05) is 18.2 Å². The van der Waals surface area contributed by atoms with Crippen molar-refractivity contribution in [1.29, 1.82) is 0 Å². The van der Waals surface area contributed by atoms with Crippen LogP contribution in [0.4, 0.5) is 5.69 Å². The number of benzene rings is 1. The first-order chi connectivity index (χ1) is 11.1. The molecule has 3 rings (SSSR count). The van der Waals surface area contributed by atoms with Crippen molar-refractivity contribution in [1.82, 2.24) is 14.8 Å². The Balaban J connectivity index is 1.63. The zero-order chi connectivity index (χ0) is 16.2. The molecular formula is C15H14N4O4. The predicted molar refractivity (Wildman–Crippen MR) is 82.1 cm³/mol. The van der Waals surface area contributed by atoms with E-state index in [-0.39, 0.29) is 18.8 Å². The average molecular weight is 314 g/mol. The van der Waals surface area contributed by atoms with Gasteiger partial charge >= 0.3 is 5.69 Å². The van der Waals surface area contributed by atoms with E-state index in [0.29, 0.717) is 5.75 Å². The SMILES string of the molecule is O=[N+]([O-])c1cnn(CC(O)COc2cccc3cccnc23)c1. The van der Waals surface area contributed by atoms with Crippen LogP contribution in [0, 0.1) is 10.1 Å². The molecule has 0 saturated carbocycles. The van der Waals surface area contributed by atoms with Gasteiger partial charge in [0.1, 0.15) is 36.4 Å². The standard InChI is InChI=1S/C15H14N4O4/c20-13(9-18-8-12(7-17-18)19(21)22)10-23-14-5-1-3-11-4-2-6-16-15(11)14/h1-8,13,20H,9-10H2. The Kier molecular flexibility index (Phi) is 4.15. The Labute approximate surface area is 131 Å². The minimum Gasteiger partial charge on any atom is -0.489 e. The summed E-state index contributed by atoms with van der Waals surface area (Å²) in [6, 6.07) is 9.32. The van der Waals surface area contributed by atoms with Crippen molar-refractivity contribution in [2.24, 2.45) is 0 Å². The summed E-state index contributed by atoms with van der Waals surface area (Å²) in [6.45, 7) is 0.134. The monoisotopic (exact) mass is 314 g/mol. The van der Waals surface area contributed by atoms with Gasteiger partial charge in [0.05, 0.1) is 11.5 Å². The van der Waals surface area contributed by atoms with Crippen LogP contribution in [0.25, 0.3) is 10.9 Å². The molecule has 0 fully saturated rings. The number of hydrogen-bond acceptors (Lipinski definition) is 6. The van der Waals surface area contributed by atoms with Crippen LogP contribution in [0.5, 0.6) is 5.75 Å². The minimum absolute atomic E-state index is 0.0311. The molecule has 8 heteroatoms. The fraction of sp³-hybridized carbons (Fsp3) is 0.200. The highest BCUT2D eigenvalue weighted by Crippen LogP contribution is 2.23. The van der Waals surface area contributed by atoms with Crippen molar-refractivity contribution < 1.29 is 14.8 Å². The molecule has 0 spiro atoms. The molecule has 0 radical (unpaired) electrons. The number of para-hydroxylation sites is 1. The first kappa shape index (κ1) is 14.9. The van der Waals surface area contributed by atoms with Crippen molar-refractivity contribution >= 4 is 16.6 Å². The minimum atomic E-state index is -0.853. The number of fused-ring (bicyclic) bond motifs is 1. The van der Waals surface area contributed by atoms with Crippen molar-refractivity contribution in [3.05, 3.63) is 59.0 Å². The van der Waals surface area contributed by atoms with Crippen LogP contribution in [0.1, 0.15) is 0 Å². The molecule has 0 amide bonds. The van der Waals surface area contributed by atoms with E-state index in [1.807, 2.05) is 24.3 Å². The summed E-state index contributed by atoms with van der Waals surface area (Å²) in [4.78, 5) is 14.3. The van der Waals surface area contributed by atoms with Crippen molar-refractivity contribution in [2.75, 3.05) is 6.61 Å². The molecule has 0 aliphatic rings. The average Bonchev–Trinajstić information content (AvgIpc) is 3.01. The molecule has 118 valence electrons. The van der Waals surface area contributed by atoms with E-state index in [1.54, 1.807) is 12.3 Å². The first-order valence-electron chi connectivity index (χ1n) is 6.95. The number of pyridine rings is 1. The maximum atomic E-state index is 10.6. The molecule has 2 heterocycles. The van der Waals surface area contributed by atoms with E-state index in [0.717, 1.165) is 17.1 Å². The Bertz CT molecular complexity index is 828. The molecule has 8 nitrogen and oxygen atoms in total. The molecule has 0 bridgehead atoms. The lowest BCUT2D eigenvalue weighted by molar-refractivity contribution is -0.385. The molecule has 0 saturated heterocycles. The second-order valence-electron chi connectivity index (χ2n) is 4.97. The maximum Gasteiger partial charge on any atom is 0.306 e. The molecule has 1 aromatic carbocycles. The molecule has 2 aromatic heterocycles. The van der Waals surface area contributed by atoms with Gasteiger partial charge in [-0.15, -0.1) is 0 Å². The molecule has 23 heavy (non-hydrogen) atoms. The lowest BCUT2D eigenvalue weighted by Gasteiger charge is -2.13. The summed E-state index contributed by atoms with van der Waals surface area (Å²) < 4.78 is 6.93. The summed E-state index contributed by atoms with van der Waals surface area (Å²) in [5.74, 6) is 0.577. The number of nitrogens with zero attached hydrogens (tertiary/aromatic N) is 4. The van der Waals surface area contributed by atoms with Crippen LogP contribution >= 0.6 is 0 Å². The van der Waals surface area contributed by atoms with Crippen LogP contribution in [-0.4, -0.2) is 37.5 Å². The number of nitro groups is 1. The summed E-state index contributed by atoms with van der Waals surface area (Å²) in [7, 11) is 0. The van der Waals surface area contributed by atoms with Crippen molar-refractivity contribution in [3.63, 3.8) is 0 Å². The summed E-state index contributed by atoms with van der Waals surface area (Å²) >= 11 is 0. The van der Waals surface area contributed by atoms with Gasteiger partial charge in [-0.2, -0.15) is 5.10 Å². The van der Waals surface area contributed by atoms with Crippen LogP contribution < -0.4 is 4.74 Å². The zero-order valence-corrected chi connectivity index (χ0v) is 12.1. The molecule has 1 N–H and O–H groups in total. The molecule has 0 aliphatic heterocycles. The lowest BCUT2D eigenvalue weighted by atomic mass is 10.2. The smallest absolute Gasteiger partial charge is 0.306 e. The Morgan fingerprint density at radius 1 is 1.35 bits per heavy atom. The third-order valence-electron chi connectivity index (χ3n) is 3.26. The third-order valence-corrected chi connectivity index (χ3v) is 3.26. The molecule has 3 aromatic rings. The Hall–Kier alpha value is -3.00. The van der Waals surface area contributed by atoms with E-state index in [1.165, 1.54) is 10.9 Å². The predicted octanol–water partition coefficient (Wildman–Crippen LogP) is 1.78. The van der Waals surface area contributed by atoms with Crippen LogP contribution in [0.15, 0.2) is 48.9 Å². The molecule has 1 atom stereocenters. The van der Waals surface area contributed by atoms with E-state index in [2.05, 4.69) is 10.1 Å². The Morgan fingerprint density at radius 3 is 2.96 bits per heavy atom. The highest BCUT2D eigenvalue weighted by atomic mass is 16.6. The van der Waals surface area contributed by atoms with Gasteiger partial charge in [0.25, 0.3) is 0 Å². The second kappa shape index (κ2) is 6.41. The number of aromatic nitrogens is 3. The number of rotatable bonds is 6. The normalized spacial score (nSPS) is 12.2. The fourth-order valence-electron chi connectivity index (χ4n) is 2.19. The van der Waals surface area contributed by atoms with Gasteiger partial charge in [0.2, 0.25) is 0 Å². The molecule has 1 unspecified atom stereocenters. The second-order valence-corrected chi connectivity index (χ2v) is 4.97. The van der Waals surface area contributed by atoms with E-state index >= 15 is 0 Å². The van der Waals surface area contributed by atoms with Gasteiger partial charge in [-0.05, 0) is 12.1 Å². The first-order valence-corrected chi connectivity index (χ1v) is 6.95. The van der Waals surface area contributed by atoms with E-state index in [9.17, 15) is 15.2 Å². The van der Waals surface area contributed by atoms with Crippen LogP contribution in [0.3, 0.4) is 0 Å². The largest absolute Gasteiger partial charge is 0.489 e. The van der Waals surface area contributed by atoms with Crippen molar-refractivity contribution in [3.8, 4) is 5.75 Å². The number of aliphatic hydroxyl groups excluding tert-OH is 1. The zero-order valence-electron chi connectivity index (χ0n) is 12.1. The van der Waals surface area contributed by atoms with Crippen molar-refractivity contribution in [2.45, 2.75) is 12.6 Å². The highest BCUT2D eigenvalue weighted by molar-refractivity contribution is 5.84. The van der Waals surface area contributed by atoms with Gasteiger partial charge in [0, 0.05) is 11.6 Å². The van der Waals surface area contributed by atoms with E-state index < -0.39 is 11.0 Å². The van der Waals surface area contributed by atoms with E-state index in [4.69, 9.17) is 4.74 Å². The highest BCUT2D eigenvalue weighted by Gasteiger charge is 2.13. The third kappa shape index (κ3) is 3.43. The summed E-state index contributed by atoms with van der Waals surface area (Å²) in [6.07, 6.45) is 3.23. The van der Waals surface area contributed by atoms with Gasteiger partial charge in [-0.3, -0.25) is 19.8 Å². The Morgan fingerprint density at radius 2 is 2.17 bits per heavy atom. The number of aliphatic hydroxyl groups is 1. The molecule has 0 aliphatic carbocycles. The lowest BCUT2D eigenvalue weighted by Crippen LogP contribution is -2.23. The van der Waals surface area contributed by atoms with Gasteiger partial charge < -0.3 is 9.84 Å². The topological polar surface area (TPSA) is 103 Å². The van der Waals surface area contributed by atoms with Crippen LogP contribution in [-0.2, 0) is 6.54 Å². The van der Waals surface area contributed by atoms with Gasteiger partial charge in [0.15, 0.2) is 0 Å². The van der Waals surface area contributed by atoms with Crippen LogP contribution in [0.2, 0.25) is 0 Å². The van der Waals surface area contributed by atoms with Gasteiger partial charge in [-0.25, -0.2) is 0 Å². The maximum absolute atomic E-state index is 10.6. The summed E-state index contributed by atoms with van der Waals surface area (Å²) in [5, 5.41) is 25.4. The number of ether oxygens (including phenoxy) is 1. The number of hydrogen-bond donors (Lipinski definition) is 1. The quantitative estimate of drug-likeness (QED) is 0.549. The fourth-order valence-corrected chi connectivity index (χ4v) is 2.19. The summed E-state index contributed by atoms with van der Waals surface area (Å²) in [5.41, 5.74) is 0.605. The molecular weight excluding hydrogens is 300 g/mol.